The molecule has 244 valence electrons. The second kappa shape index (κ2) is 14.8. The number of carbonyl (C=O) groups is 2. The summed E-state index contributed by atoms with van der Waals surface area (Å²) in [5.41, 5.74) is 9.36. The van der Waals surface area contributed by atoms with Gasteiger partial charge in [-0.05, 0) is 94.4 Å². The van der Waals surface area contributed by atoms with Crippen LogP contribution in [-0.2, 0) is 9.47 Å². The van der Waals surface area contributed by atoms with Crippen LogP contribution in [-0.4, -0.2) is 36.1 Å². The summed E-state index contributed by atoms with van der Waals surface area (Å²) in [7, 11) is 2.82. The molecular weight excluding hydrogens is 652 g/mol. The minimum Gasteiger partial charge on any atom is -0.465 e. The lowest BCUT2D eigenvalue weighted by molar-refractivity contribution is 0.0592. The number of aromatic nitrogens is 2. The molecule has 0 atom stereocenters. The van der Waals surface area contributed by atoms with Gasteiger partial charge < -0.3 is 19.4 Å². The van der Waals surface area contributed by atoms with Crippen molar-refractivity contribution in [3.8, 4) is 11.3 Å². The molecule has 0 spiro atoms. The summed E-state index contributed by atoms with van der Waals surface area (Å²) in [6.45, 7) is 3.99. The van der Waals surface area contributed by atoms with Crippen LogP contribution in [0.4, 0.5) is 0 Å². The van der Waals surface area contributed by atoms with Crippen LogP contribution < -0.4 is 0 Å². The van der Waals surface area contributed by atoms with E-state index in [1.54, 1.807) is 0 Å². The first kappa shape index (κ1) is 32.8. The summed E-state index contributed by atoms with van der Waals surface area (Å²) in [5.74, 6) is 0.566. The van der Waals surface area contributed by atoms with Crippen molar-refractivity contribution in [3.05, 3.63) is 99.7 Å². The highest BCUT2D eigenvalue weighted by atomic mass is 79.9. The average molecular weight is 696 g/mol. The third-order valence-corrected chi connectivity index (χ3v) is 10.6. The van der Waals surface area contributed by atoms with Crippen molar-refractivity contribution in [2.24, 2.45) is 0 Å². The van der Waals surface area contributed by atoms with Crippen LogP contribution in [0.1, 0.15) is 113 Å². The molecule has 2 fully saturated rings. The van der Waals surface area contributed by atoms with Gasteiger partial charge in [-0.2, -0.15) is 0 Å². The van der Waals surface area contributed by atoms with Crippen LogP contribution >= 0.6 is 15.9 Å². The maximum atomic E-state index is 12.0. The Morgan fingerprint density at radius 2 is 1.23 bits per heavy atom. The zero-order chi connectivity index (χ0) is 32.9. The number of H-pyrrole nitrogens is 2. The fourth-order valence-electron chi connectivity index (χ4n) is 7.62. The predicted molar refractivity (Wildman–Crippen MR) is 194 cm³/mol. The van der Waals surface area contributed by atoms with Crippen LogP contribution in [0.2, 0.25) is 0 Å². The number of ether oxygens (including phenoxy) is 2. The largest absolute Gasteiger partial charge is 0.465 e. The Bertz CT molecular complexity index is 1910. The number of halogens is 1. The van der Waals surface area contributed by atoms with E-state index in [1.165, 1.54) is 106 Å². The molecule has 2 N–H and O–H groups in total. The molecule has 2 aliphatic rings. The molecule has 7 heteroatoms. The van der Waals surface area contributed by atoms with Gasteiger partial charge in [0.2, 0.25) is 0 Å². The number of hydrogen-bond acceptors (Lipinski definition) is 4. The molecule has 0 bridgehead atoms. The van der Waals surface area contributed by atoms with E-state index >= 15 is 0 Å². The van der Waals surface area contributed by atoms with Crippen LogP contribution in [0, 0.1) is 0 Å². The lowest BCUT2D eigenvalue weighted by Crippen LogP contribution is -2.05. The minimum absolute atomic E-state index is 0.295. The van der Waals surface area contributed by atoms with Crippen molar-refractivity contribution >= 4 is 55.8 Å². The minimum atomic E-state index is -0.307. The van der Waals surface area contributed by atoms with Crippen LogP contribution in [0.3, 0.4) is 0 Å². The van der Waals surface area contributed by atoms with Gasteiger partial charge in [0, 0.05) is 27.4 Å². The molecule has 0 amide bonds. The molecular formula is C40H43BrN2O4. The van der Waals surface area contributed by atoms with Gasteiger partial charge >= 0.3 is 11.9 Å². The Balaban J connectivity index is 0.000000172. The van der Waals surface area contributed by atoms with Gasteiger partial charge in [0.05, 0.1) is 35.6 Å². The van der Waals surface area contributed by atoms with E-state index in [1.807, 2.05) is 42.5 Å². The van der Waals surface area contributed by atoms with Gasteiger partial charge in [-0.15, -0.1) is 0 Å². The van der Waals surface area contributed by atoms with Gasteiger partial charge in [-0.1, -0.05) is 87.6 Å². The second-order valence-electron chi connectivity index (χ2n) is 12.7. The van der Waals surface area contributed by atoms with Crippen molar-refractivity contribution in [3.63, 3.8) is 0 Å². The van der Waals surface area contributed by atoms with Crippen molar-refractivity contribution in [1.82, 2.24) is 9.97 Å². The van der Waals surface area contributed by atoms with Gasteiger partial charge in [0.1, 0.15) is 0 Å². The molecule has 7 rings (SSSR count). The predicted octanol–water partition coefficient (Wildman–Crippen LogP) is 11.1. The van der Waals surface area contributed by atoms with E-state index in [2.05, 4.69) is 56.7 Å². The fraction of sp³-hybridized carbons (Fsp3) is 0.350. The lowest BCUT2D eigenvalue weighted by atomic mass is 9.81. The highest BCUT2D eigenvalue weighted by molar-refractivity contribution is 9.10. The number of hydrogen-bond donors (Lipinski definition) is 2. The number of rotatable bonds is 6. The monoisotopic (exact) mass is 694 g/mol. The molecule has 2 saturated carbocycles. The standard InChI is InChI=1S/C24H25NO2.C16H18BrNO2/c1-3-16-9-7-8-12-19(16)23-22(17-10-5-4-6-11-17)20-14-13-18(24(26)27-2)15-21(20)25-23;1-20-16(19)11-7-8-12-13(9-11)18-15(17)14(12)10-5-3-2-4-6-10/h3,7-9,12-15,17,25H,1,4-6,10-11H2,2H3;7-10,18H,2-6H2,1H3. The number of nitrogens with one attached hydrogen (secondary N) is 2. The third kappa shape index (κ3) is 6.82. The molecule has 0 radical (unpaired) electrons. The Kier molecular flexibility index (Phi) is 10.3. The molecule has 0 unspecified atom stereocenters. The third-order valence-electron chi connectivity index (χ3n) is 9.95. The number of aromatic amines is 2. The van der Waals surface area contributed by atoms with Crippen molar-refractivity contribution in [2.45, 2.75) is 76.0 Å². The van der Waals surface area contributed by atoms with Gasteiger partial charge in [0.25, 0.3) is 0 Å². The molecule has 5 aromatic rings. The summed E-state index contributed by atoms with van der Waals surface area (Å²) < 4.78 is 10.7. The van der Waals surface area contributed by atoms with E-state index < -0.39 is 0 Å². The number of benzene rings is 3. The summed E-state index contributed by atoms with van der Waals surface area (Å²) in [6, 6.07) is 20.0. The Hall–Kier alpha value is -4.10. The zero-order valence-corrected chi connectivity index (χ0v) is 28.9. The van der Waals surface area contributed by atoms with Crippen molar-refractivity contribution in [1.29, 1.82) is 0 Å². The Morgan fingerprint density at radius 1 is 0.723 bits per heavy atom. The van der Waals surface area contributed by atoms with Crippen LogP contribution in [0.25, 0.3) is 39.1 Å². The number of methoxy groups -OCH3 is 2. The summed E-state index contributed by atoms with van der Waals surface area (Å²) >= 11 is 3.65. The van der Waals surface area contributed by atoms with E-state index in [-0.39, 0.29) is 11.9 Å². The van der Waals surface area contributed by atoms with E-state index in [4.69, 9.17) is 9.47 Å². The fourth-order valence-corrected chi connectivity index (χ4v) is 8.37. The molecule has 6 nitrogen and oxygen atoms in total. The molecule has 0 aliphatic heterocycles. The zero-order valence-electron chi connectivity index (χ0n) is 27.3. The molecule has 3 aromatic carbocycles. The van der Waals surface area contributed by atoms with Crippen molar-refractivity contribution < 1.29 is 19.1 Å². The molecule has 0 saturated heterocycles. The first-order valence-electron chi connectivity index (χ1n) is 16.8. The second-order valence-corrected chi connectivity index (χ2v) is 13.5. The highest BCUT2D eigenvalue weighted by Crippen LogP contribution is 2.44. The van der Waals surface area contributed by atoms with E-state index in [0.717, 1.165) is 26.9 Å². The van der Waals surface area contributed by atoms with Crippen LogP contribution in [0.15, 0.2) is 71.8 Å². The Morgan fingerprint density at radius 3 is 1.79 bits per heavy atom. The summed E-state index contributed by atoms with van der Waals surface area (Å²) in [5, 5.41) is 2.43. The number of fused-ring (bicyclic) bond motifs is 2. The topological polar surface area (TPSA) is 84.2 Å². The maximum Gasteiger partial charge on any atom is 0.337 e. The first-order chi connectivity index (χ1) is 22.9. The quantitative estimate of drug-likeness (QED) is 0.173. The van der Waals surface area contributed by atoms with Crippen molar-refractivity contribution in [2.75, 3.05) is 14.2 Å². The molecule has 2 heterocycles. The lowest BCUT2D eigenvalue weighted by Gasteiger charge is -2.23. The van der Waals surface area contributed by atoms with Crippen LogP contribution in [0.5, 0.6) is 0 Å². The Labute approximate surface area is 285 Å². The van der Waals surface area contributed by atoms with E-state index in [9.17, 15) is 9.59 Å². The molecule has 2 aromatic heterocycles. The van der Waals surface area contributed by atoms with E-state index in [0.29, 0.717) is 23.0 Å². The summed E-state index contributed by atoms with van der Waals surface area (Å²) in [6.07, 6.45) is 14.7. The molecule has 2 aliphatic carbocycles. The van der Waals surface area contributed by atoms with Gasteiger partial charge in [-0.3, -0.25) is 0 Å². The highest BCUT2D eigenvalue weighted by Gasteiger charge is 2.25. The normalized spacial score (nSPS) is 15.6. The smallest absolute Gasteiger partial charge is 0.337 e. The maximum absolute atomic E-state index is 12.0. The first-order valence-corrected chi connectivity index (χ1v) is 17.6. The van der Waals surface area contributed by atoms with Gasteiger partial charge in [0.15, 0.2) is 0 Å². The number of esters is 2. The number of carbonyl (C=O) groups excluding carboxylic acids is 2. The van der Waals surface area contributed by atoms with Gasteiger partial charge in [-0.25, -0.2) is 9.59 Å². The SMILES string of the molecule is C=Cc1ccccc1-c1[nH]c2cc(C(=O)OC)ccc2c1C1CCCCC1.COC(=O)c1ccc2c(C3CCCCC3)c(Br)[nH]c2c1. The average Bonchev–Trinajstić information content (AvgIpc) is 3.68. The summed E-state index contributed by atoms with van der Waals surface area (Å²) in [4.78, 5) is 30.5. The molecule has 47 heavy (non-hydrogen) atoms.